The number of rotatable bonds is 7. The van der Waals surface area contributed by atoms with Crippen molar-refractivity contribution in [1.82, 2.24) is 0 Å². The highest BCUT2D eigenvalue weighted by Crippen LogP contribution is 2.12. The van der Waals surface area contributed by atoms with Crippen molar-refractivity contribution in [2.45, 2.75) is 51.9 Å². The maximum Gasteiger partial charge on any atom is 0.336 e. The van der Waals surface area contributed by atoms with Gasteiger partial charge in [0.05, 0.1) is 0 Å². The third-order valence-corrected chi connectivity index (χ3v) is 2.51. The molecule has 0 saturated heterocycles. The van der Waals surface area contributed by atoms with Crippen molar-refractivity contribution >= 4 is 5.97 Å². The van der Waals surface area contributed by atoms with Gasteiger partial charge in [0.15, 0.2) is 0 Å². The maximum atomic E-state index is 10.7. The van der Waals surface area contributed by atoms with Crippen LogP contribution in [0, 0.1) is 0 Å². The zero-order valence-corrected chi connectivity index (χ0v) is 9.50. The summed E-state index contributed by atoms with van der Waals surface area (Å²) in [5, 5.41) is 0. The largest absolute Gasteiger partial charge is 0.424 e. The minimum atomic E-state index is -0.246. The molecule has 0 N–H and O–H groups in total. The first-order valence-electron chi connectivity index (χ1n) is 5.93. The van der Waals surface area contributed by atoms with Gasteiger partial charge in [0.1, 0.15) is 5.76 Å². The monoisotopic (exact) mass is 208 g/mol. The Morgan fingerprint density at radius 1 is 1.13 bits per heavy atom. The quantitative estimate of drug-likeness (QED) is 0.470. The van der Waals surface area contributed by atoms with E-state index < -0.39 is 0 Å². The molecule has 0 aromatic carbocycles. The number of unbranched alkanes of at least 4 members (excludes halogenated alkanes) is 6. The molecule has 0 fully saturated rings. The molecule has 0 amide bonds. The SMILES string of the molecule is CCCCCCCCC=C1C=CC(=O)O1. The molecule has 0 aromatic rings. The van der Waals surface area contributed by atoms with Gasteiger partial charge in [-0.15, -0.1) is 0 Å². The predicted octanol–water partition coefficient (Wildman–Crippen LogP) is 3.73. The molecule has 84 valence electrons. The number of ether oxygens (including phenoxy) is 1. The number of allylic oxidation sites excluding steroid dienone is 2. The van der Waals surface area contributed by atoms with E-state index in [1.54, 1.807) is 6.08 Å². The number of esters is 1. The standard InChI is InChI=1S/C13H20O2/c1-2-3-4-5-6-7-8-9-12-10-11-13(14)15-12/h9-11H,2-8H2,1H3. The van der Waals surface area contributed by atoms with Gasteiger partial charge < -0.3 is 4.74 Å². The fraction of sp³-hybridized carbons (Fsp3) is 0.615. The van der Waals surface area contributed by atoms with Crippen LogP contribution in [0.1, 0.15) is 51.9 Å². The van der Waals surface area contributed by atoms with Crippen molar-refractivity contribution in [2.75, 3.05) is 0 Å². The van der Waals surface area contributed by atoms with E-state index in [2.05, 4.69) is 6.92 Å². The summed E-state index contributed by atoms with van der Waals surface area (Å²) in [6.45, 7) is 2.23. The van der Waals surface area contributed by atoms with Crippen LogP contribution in [0.4, 0.5) is 0 Å². The Labute approximate surface area is 92.0 Å². The summed E-state index contributed by atoms with van der Waals surface area (Å²) in [4.78, 5) is 10.7. The van der Waals surface area contributed by atoms with E-state index in [1.807, 2.05) is 6.08 Å². The van der Waals surface area contributed by atoms with E-state index in [9.17, 15) is 4.79 Å². The third-order valence-electron chi connectivity index (χ3n) is 2.51. The van der Waals surface area contributed by atoms with E-state index in [0.717, 1.165) is 6.42 Å². The molecule has 15 heavy (non-hydrogen) atoms. The van der Waals surface area contributed by atoms with Crippen LogP contribution >= 0.6 is 0 Å². The molecule has 0 radical (unpaired) electrons. The number of cyclic esters (lactones) is 1. The van der Waals surface area contributed by atoms with Crippen LogP contribution in [0.25, 0.3) is 0 Å². The second kappa shape index (κ2) is 7.27. The van der Waals surface area contributed by atoms with Crippen molar-refractivity contribution in [2.24, 2.45) is 0 Å². The minimum Gasteiger partial charge on any atom is -0.424 e. The molecule has 2 nitrogen and oxygen atoms in total. The molecule has 0 aliphatic carbocycles. The Balaban J connectivity index is 1.97. The Hall–Kier alpha value is -1.05. The summed E-state index contributed by atoms with van der Waals surface area (Å²) in [7, 11) is 0. The summed E-state index contributed by atoms with van der Waals surface area (Å²) >= 11 is 0. The summed E-state index contributed by atoms with van der Waals surface area (Å²) in [5.41, 5.74) is 0. The molecule has 1 aliphatic rings. The second-order valence-corrected chi connectivity index (χ2v) is 3.92. The Morgan fingerprint density at radius 2 is 1.87 bits per heavy atom. The van der Waals surface area contributed by atoms with Crippen molar-refractivity contribution in [3.8, 4) is 0 Å². The number of carbonyl (C=O) groups excluding carboxylic acids is 1. The predicted molar refractivity (Wildman–Crippen MR) is 61.3 cm³/mol. The van der Waals surface area contributed by atoms with Crippen LogP contribution in [0.15, 0.2) is 24.0 Å². The molecular formula is C13H20O2. The molecule has 0 aromatic heterocycles. The highest BCUT2D eigenvalue weighted by molar-refractivity contribution is 5.86. The van der Waals surface area contributed by atoms with Crippen LogP contribution in [-0.2, 0) is 9.53 Å². The Morgan fingerprint density at radius 3 is 2.53 bits per heavy atom. The fourth-order valence-electron chi connectivity index (χ4n) is 1.61. The topological polar surface area (TPSA) is 26.3 Å². The second-order valence-electron chi connectivity index (χ2n) is 3.92. The smallest absolute Gasteiger partial charge is 0.336 e. The van der Waals surface area contributed by atoms with Gasteiger partial charge in [-0.05, 0) is 25.0 Å². The van der Waals surface area contributed by atoms with Crippen molar-refractivity contribution in [1.29, 1.82) is 0 Å². The van der Waals surface area contributed by atoms with Gasteiger partial charge in [0.2, 0.25) is 0 Å². The molecule has 0 saturated carbocycles. The van der Waals surface area contributed by atoms with Crippen molar-refractivity contribution < 1.29 is 9.53 Å². The summed E-state index contributed by atoms with van der Waals surface area (Å²) in [5.74, 6) is 0.470. The van der Waals surface area contributed by atoms with Crippen LogP contribution in [0.3, 0.4) is 0 Å². The number of hydrogen-bond donors (Lipinski definition) is 0. The van der Waals surface area contributed by atoms with Crippen LogP contribution < -0.4 is 0 Å². The lowest BCUT2D eigenvalue weighted by Gasteiger charge is -1.98. The lowest BCUT2D eigenvalue weighted by molar-refractivity contribution is -0.132. The van der Waals surface area contributed by atoms with E-state index >= 15 is 0 Å². The van der Waals surface area contributed by atoms with Gasteiger partial charge in [-0.3, -0.25) is 0 Å². The maximum absolute atomic E-state index is 10.7. The van der Waals surface area contributed by atoms with Gasteiger partial charge in [-0.2, -0.15) is 0 Å². The van der Waals surface area contributed by atoms with Crippen LogP contribution in [0.5, 0.6) is 0 Å². The van der Waals surface area contributed by atoms with Crippen molar-refractivity contribution in [3.05, 3.63) is 24.0 Å². The molecule has 0 unspecified atom stereocenters. The Bertz CT molecular complexity index is 251. The third kappa shape index (κ3) is 5.40. The molecule has 1 heterocycles. The molecule has 0 atom stereocenters. The van der Waals surface area contributed by atoms with Gasteiger partial charge in [0, 0.05) is 6.08 Å². The molecule has 1 rings (SSSR count). The van der Waals surface area contributed by atoms with Gasteiger partial charge in [-0.1, -0.05) is 39.0 Å². The van der Waals surface area contributed by atoms with E-state index in [-0.39, 0.29) is 5.97 Å². The van der Waals surface area contributed by atoms with E-state index in [0.29, 0.717) is 5.76 Å². The first-order chi connectivity index (χ1) is 7.33. The molecule has 1 aliphatic heterocycles. The average molecular weight is 208 g/mol. The van der Waals surface area contributed by atoms with Gasteiger partial charge >= 0.3 is 5.97 Å². The first kappa shape index (κ1) is 12.0. The fourth-order valence-corrected chi connectivity index (χ4v) is 1.61. The highest BCUT2D eigenvalue weighted by atomic mass is 16.5. The first-order valence-corrected chi connectivity index (χ1v) is 5.93. The zero-order valence-electron chi connectivity index (χ0n) is 9.50. The lowest BCUT2D eigenvalue weighted by Crippen LogP contribution is -1.90. The summed E-state index contributed by atoms with van der Waals surface area (Å²) in [6, 6.07) is 0. The molecule has 0 spiro atoms. The summed E-state index contributed by atoms with van der Waals surface area (Å²) < 4.78 is 4.92. The van der Waals surface area contributed by atoms with E-state index in [1.165, 1.54) is 44.6 Å². The van der Waals surface area contributed by atoms with Gasteiger partial charge in [0.25, 0.3) is 0 Å². The molecule has 2 heteroatoms. The normalized spacial score (nSPS) is 17.4. The van der Waals surface area contributed by atoms with E-state index in [4.69, 9.17) is 4.74 Å². The zero-order chi connectivity index (χ0) is 10.9. The van der Waals surface area contributed by atoms with Crippen molar-refractivity contribution in [3.63, 3.8) is 0 Å². The van der Waals surface area contributed by atoms with Gasteiger partial charge in [-0.25, -0.2) is 4.79 Å². The lowest BCUT2D eigenvalue weighted by atomic mass is 10.1. The summed E-state index contributed by atoms with van der Waals surface area (Å²) in [6.07, 6.45) is 14.0. The molecular weight excluding hydrogens is 188 g/mol. The van der Waals surface area contributed by atoms with Crippen LogP contribution in [-0.4, -0.2) is 5.97 Å². The number of hydrogen-bond acceptors (Lipinski definition) is 2. The Kier molecular flexibility index (Phi) is 5.83. The molecule has 0 bridgehead atoms. The average Bonchev–Trinajstić information content (AvgIpc) is 2.63. The highest BCUT2D eigenvalue weighted by Gasteiger charge is 2.07. The van der Waals surface area contributed by atoms with Crippen LogP contribution in [0.2, 0.25) is 0 Å². The number of carbonyl (C=O) groups is 1. The minimum absolute atomic E-state index is 0.246.